The highest BCUT2D eigenvalue weighted by Gasteiger charge is 2.23. The summed E-state index contributed by atoms with van der Waals surface area (Å²) in [5, 5.41) is 3.80. The monoisotopic (exact) mass is 392 g/mol. The number of anilines is 3. The van der Waals surface area contributed by atoms with Gasteiger partial charge in [0, 0.05) is 44.6 Å². The third-order valence-corrected chi connectivity index (χ3v) is 5.08. The Labute approximate surface area is 162 Å². The Morgan fingerprint density at radius 3 is 2.63 bits per heavy atom. The first-order chi connectivity index (χ1) is 13.2. The van der Waals surface area contributed by atoms with Gasteiger partial charge >= 0.3 is 0 Å². The smallest absolute Gasteiger partial charge is 0.227 e. The first kappa shape index (κ1) is 18.2. The lowest BCUT2D eigenvalue weighted by Crippen LogP contribution is -2.40. The maximum absolute atomic E-state index is 14.1. The van der Waals surface area contributed by atoms with Crippen molar-refractivity contribution in [3.05, 3.63) is 35.4 Å². The van der Waals surface area contributed by atoms with Crippen molar-refractivity contribution in [1.29, 1.82) is 0 Å². The molecule has 2 fully saturated rings. The molecule has 1 N–H and O–H groups in total. The summed E-state index contributed by atoms with van der Waals surface area (Å²) in [5.74, 6) is 1.54. The Bertz CT molecular complexity index is 780. The van der Waals surface area contributed by atoms with E-state index in [1.807, 2.05) is 11.0 Å². The predicted octanol–water partition coefficient (Wildman–Crippen LogP) is 2.58. The topological polar surface area (TPSA) is 66.4 Å². The van der Waals surface area contributed by atoms with Gasteiger partial charge in [0.1, 0.15) is 5.82 Å². The van der Waals surface area contributed by atoms with Crippen LogP contribution in [0, 0.1) is 5.82 Å². The molecule has 0 aromatic carbocycles. The molecule has 2 aliphatic rings. The third kappa shape index (κ3) is 4.39. The first-order valence-electron chi connectivity index (χ1n) is 9.17. The van der Waals surface area contributed by atoms with Crippen molar-refractivity contribution in [2.45, 2.75) is 18.9 Å². The predicted molar refractivity (Wildman–Crippen MR) is 103 cm³/mol. The number of nitrogens with one attached hydrogen (secondary N) is 1. The Morgan fingerprint density at radius 2 is 1.89 bits per heavy atom. The highest BCUT2D eigenvalue weighted by atomic mass is 35.5. The fourth-order valence-corrected chi connectivity index (χ4v) is 3.57. The summed E-state index contributed by atoms with van der Waals surface area (Å²) in [7, 11) is 0. The average molecular weight is 393 g/mol. The van der Waals surface area contributed by atoms with Gasteiger partial charge in [-0.2, -0.15) is 4.98 Å². The van der Waals surface area contributed by atoms with Crippen LogP contribution in [0.1, 0.15) is 12.8 Å². The van der Waals surface area contributed by atoms with Crippen LogP contribution in [0.15, 0.2) is 24.5 Å². The van der Waals surface area contributed by atoms with Gasteiger partial charge in [-0.3, -0.25) is 0 Å². The van der Waals surface area contributed by atoms with Crippen LogP contribution in [0.3, 0.4) is 0 Å². The molecule has 0 atom stereocenters. The number of halogens is 2. The number of ether oxygens (including phenoxy) is 1. The normalized spacial score (nSPS) is 18.6. The minimum atomic E-state index is -0.375. The first-order valence-corrected chi connectivity index (χ1v) is 9.55. The molecule has 0 saturated carbocycles. The second kappa shape index (κ2) is 8.22. The Hall–Kier alpha value is -2.19. The van der Waals surface area contributed by atoms with E-state index in [2.05, 4.69) is 25.2 Å². The molecule has 0 amide bonds. The minimum Gasteiger partial charge on any atom is -0.378 e. The van der Waals surface area contributed by atoms with Crippen LogP contribution in [0.25, 0.3) is 0 Å². The molecule has 0 bridgehead atoms. The lowest BCUT2D eigenvalue weighted by molar-refractivity contribution is 0.122. The molecule has 0 aliphatic carbocycles. The van der Waals surface area contributed by atoms with Crippen LogP contribution in [0.5, 0.6) is 0 Å². The minimum absolute atomic E-state index is 0.282. The van der Waals surface area contributed by atoms with E-state index in [9.17, 15) is 4.39 Å². The summed E-state index contributed by atoms with van der Waals surface area (Å²) in [6.45, 7) is 4.47. The second-order valence-corrected chi connectivity index (χ2v) is 7.14. The molecular formula is C18H22ClFN6O. The summed E-state index contributed by atoms with van der Waals surface area (Å²) < 4.78 is 19.4. The highest BCUT2D eigenvalue weighted by Crippen LogP contribution is 2.24. The number of pyridine rings is 1. The van der Waals surface area contributed by atoms with Crippen molar-refractivity contribution in [1.82, 2.24) is 15.0 Å². The summed E-state index contributed by atoms with van der Waals surface area (Å²) >= 11 is 5.78. The SMILES string of the molecule is Fc1cc(Cl)cnc1N1CCC(Nc2ccnc(N3CCOCC3)n2)CC1. The van der Waals surface area contributed by atoms with Crippen LogP contribution in [-0.4, -0.2) is 60.4 Å². The number of morpholine rings is 1. The zero-order chi connectivity index (χ0) is 18.6. The molecule has 27 heavy (non-hydrogen) atoms. The quantitative estimate of drug-likeness (QED) is 0.857. The van der Waals surface area contributed by atoms with Gasteiger partial charge in [0.15, 0.2) is 11.6 Å². The molecule has 2 saturated heterocycles. The number of piperidine rings is 1. The van der Waals surface area contributed by atoms with Crippen LogP contribution in [0.4, 0.5) is 22.0 Å². The van der Waals surface area contributed by atoms with E-state index in [4.69, 9.17) is 16.3 Å². The lowest BCUT2D eigenvalue weighted by atomic mass is 10.0. The molecule has 2 aliphatic heterocycles. The number of nitrogens with zero attached hydrogens (tertiary/aromatic N) is 5. The fourth-order valence-electron chi connectivity index (χ4n) is 3.43. The van der Waals surface area contributed by atoms with Gasteiger partial charge in [0.2, 0.25) is 5.95 Å². The molecule has 0 radical (unpaired) electrons. The van der Waals surface area contributed by atoms with Gasteiger partial charge in [-0.15, -0.1) is 0 Å². The van der Waals surface area contributed by atoms with E-state index < -0.39 is 0 Å². The zero-order valence-corrected chi connectivity index (χ0v) is 15.7. The van der Waals surface area contributed by atoms with Gasteiger partial charge in [-0.05, 0) is 25.0 Å². The molecule has 2 aromatic rings. The van der Waals surface area contributed by atoms with Crippen molar-refractivity contribution in [2.75, 3.05) is 54.5 Å². The third-order valence-electron chi connectivity index (χ3n) is 4.87. The lowest BCUT2D eigenvalue weighted by Gasteiger charge is -2.33. The number of rotatable bonds is 4. The van der Waals surface area contributed by atoms with E-state index in [0.717, 1.165) is 50.8 Å². The molecule has 0 spiro atoms. The van der Waals surface area contributed by atoms with Crippen molar-refractivity contribution in [2.24, 2.45) is 0 Å². The summed E-state index contributed by atoms with van der Waals surface area (Å²) in [4.78, 5) is 17.2. The number of aromatic nitrogens is 3. The molecular weight excluding hydrogens is 371 g/mol. The molecule has 4 heterocycles. The molecule has 9 heteroatoms. The van der Waals surface area contributed by atoms with E-state index in [1.165, 1.54) is 12.3 Å². The van der Waals surface area contributed by atoms with E-state index in [0.29, 0.717) is 24.1 Å². The van der Waals surface area contributed by atoms with Gasteiger partial charge in [0.05, 0.1) is 18.2 Å². The summed E-state index contributed by atoms with van der Waals surface area (Å²) in [5.41, 5.74) is 0. The van der Waals surface area contributed by atoms with E-state index in [-0.39, 0.29) is 11.9 Å². The maximum atomic E-state index is 14.1. The van der Waals surface area contributed by atoms with Gasteiger partial charge in [-0.25, -0.2) is 14.4 Å². The summed E-state index contributed by atoms with van der Waals surface area (Å²) in [6.07, 6.45) is 5.02. The van der Waals surface area contributed by atoms with Crippen molar-refractivity contribution < 1.29 is 9.13 Å². The van der Waals surface area contributed by atoms with Gasteiger partial charge in [-0.1, -0.05) is 11.6 Å². The maximum Gasteiger partial charge on any atom is 0.227 e. The Morgan fingerprint density at radius 1 is 1.11 bits per heavy atom. The van der Waals surface area contributed by atoms with Gasteiger partial charge < -0.3 is 19.9 Å². The van der Waals surface area contributed by atoms with Crippen molar-refractivity contribution >= 4 is 29.2 Å². The molecule has 4 rings (SSSR count). The molecule has 0 unspecified atom stereocenters. The molecule has 7 nitrogen and oxygen atoms in total. The molecule has 144 valence electrons. The van der Waals surface area contributed by atoms with Crippen LogP contribution in [0.2, 0.25) is 5.02 Å². The Kier molecular flexibility index (Phi) is 5.54. The zero-order valence-electron chi connectivity index (χ0n) is 14.9. The van der Waals surface area contributed by atoms with E-state index in [1.54, 1.807) is 6.20 Å². The van der Waals surface area contributed by atoms with Crippen LogP contribution < -0.4 is 15.1 Å². The second-order valence-electron chi connectivity index (χ2n) is 6.71. The number of hydrogen-bond acceptors (Lipinski definition) is 7. The van der Waals surface area contributed by atoms with Crippen LogP contribution in [-0.2, 0) is 4.74 Å². The van der Waals surface area contributed by atoms with Crippen molar-refractivity contribution in [3.63, 3.8) is 0 Å². The van der Waals surface area contributed by atoms with E-state index >= 15 is 0 Å². The van der Waals surface area contributed by atoms with Crippen molar-refractivity contribution in [3.8, 4) is 0 Å². The fraction of sp³-hybridized carbons (Fsp3) is 0.500. The van der Waals surface area contributed by atoms with Crippen LogP contribution >= 0.6 is 11.6 Å². The average Bonchev–Trinajstić information content (AvgIpc) is 2.70. The highest BCUT2D eigenvalue weighted by molar-refractivity contribution is 6.30. The summed E-state index contributed by atoms with van der Waals surface area (Å²) in [6, 6.07) is 3.48. The van der Waals surface area contributed by atoms with Gasteiger partial charge in [0.25, 0.3) is 0 Å². The molecule has 2 aromatic heterocycles. The standard InChI is InChI=1S/C18H22ClFN6O/c19-13-11-15(20)17(22-12-13)25-5-2-14(3-6-25)23-16-1-4-21-18(24-16)26-7-9-27-10-8-26/h1,4,11-12,14H,2-3,5-10H2,(H,21,23,24). The Balaban J connectivity index is 1.35. The largest absolute Gasteiger partial charge is 0.378 e. The number of hydrogen-bond donors (Lipinski definition) is 1.